The van der Waals surface area contributed by atoms with Crippen LogP contribution in [-0.2, 0) is 9.53 Å². The summed E-state index contributed by atoms with van der Waals surface area (Å²) in [6, 6.07) is 1.65. The molecule has 0 saturated carbocycles. The Bertz CT molecular complexity index is 329. The molecule has 2 unspecified atom stereocenters. The van der Waals surface area contributed by atoms with Crippen LogP contribution in [0.5, 0.6) is 0 Å². The first-order valence-corrected chi connectivity index (χ1v) is 7.79. The van der Waals surface area contributed by atoms with Crippen LogP contribution >= 0.6 is 0 Å². The standard InChI is InChI=1S/C15H29N3O2/c1-11(2)18(13-9-20-10-13)8-7-12-5-6-14(16-12)15(19)17(3)4/h11-14,16H,5-10H2,1-4H3. The van der Waals surface area contributed by atoms with Crippen LogP contribution in [0.15, 0.2) is 0 Å². The number of amides is 1. The molecule has 2 rings (SSSR count). The Morgan fingerprint density at radius 3 is 2.50 bits per heavy atom. The Kier molecular flexibility index (Phi) is 5.41. The van der Waals surface area contributed by atoms with Gasteiger partial charge in [0.2, 0.25) is 5.91 Å². The van der Waals surface area contributed by atoms with Gasteiger partial charge in [-0.15, -0.1) is 0 Å². The molecule has 0 radical (unpaired) electrons. The van der Waals surface area contributed by atoms with Crippen LogP contribution in [0.3, 0.4) is 0 Å². The highest BCUT2D eigenvalue weighted by atomic mass is 16.5. The molecular weight excluding hydrogens is 254 g/mol. The minimum atomic E-state index is 0.0227. The number of rotatable bonds is 6. The molecule has 0 aromatic heterocycles. The predicted octanol–water partition coefficient (Wildman–Crippen LogP) is 0.695. The van der Waals surface area contributed by atoms with Crippen molar-refractivity contribution < 1.29 is 9.53 Å². The maximum Gasteiger partial charge on any atom is 0.239 e. The van der Waals surface area contributed by atoms with Crippen molar-refractivity contribution in [1.82, 2.24) is 15.1 Å². The van der Waals surface area contributed by atoms with Crippen molar-refractivity contribution in [3.63, 3.8) is 0 Å². The molecule has 0 aromatic carbocycles. The van der Waals surface area contributed by atoms with Gasteiger partial charge in [0.15, 0.2) is 0 Å². The maximum absolute atomic E-state index is 11.9. The molecule has 5 nitrogen and oxygen atoms in total. The van der Waals surface area contributed by atoms with Gasteiger partial charge in [-0.1, -0.05) is 0 Å². The second-order valence-corrected chi connectivity index (χ2v) is 6.54. The van der Waals surface area contributed by atoms with Crippen LogP contribution in [0.2, 0.25) is 0 Å². The molecule has 0 aromatic rings. The molecule has 1 N–H and O–H groups in total. The summed E-state index contributed by atoms with van der Waals surface area (Å²) in [5, 5.41) is 3.49. The van der Waals surface area contributed by atoms with Gasteiger partial charge in [-0.05, 0) is 33.1 Å². The normalized spacial score (nSPS) is 27.1. The Morgan fingerprint density at radius 1 is 1.30 bits per heavy atom. The number of ether oxygens (including phenoxy) is 1. The van der Waals surface area contributed by atoms with Gasteiger partial charge in [-0.25, -0.2) is 0 Å². The molecule has 2 aliphatic rings. The van der Waals surface area contributed by atoms with E-state index in [4.69, 9.17) is 4.74 Å². The van der Waals surface area contributed by atoms with E-state index in [0.717, 1.165) is 39.0 Å². The number of carbonyl (C=O) groups excluding carboxylic acids is 1. The molecule has 1 amide bonds. The number of hydrogen-bond donors (Lipinski definition) is 1. The minimum absolute atomic E-state index is 0.0227. The van der Waals surface area contributed by atoms with Gasteiger partial charge >= 0.3 is 0 Å². The summed E-state index contributed by atoms with van der Waals surface area (Å²) in [7, 11) is 3.66. The number of nitrogens with zero attached hydrogens (tertiary/aromatic N) is 2. The predicted molar refractivity (Wildman–Crippen MR) is 79.7 cm³/mol. The van der Waals surface area contributed by atoms with Crippen molar-refractivity contribution in [3.05, 3.63) is 0 Å². The van der Waals surface area contributed by atoms with E-state index in [9.17, 15) is 4.79 Å². The SMILES string of the molecule is CC(C)N(CCC1CCC(C(=O)N(C)C)N1)C1COC1. The van der Waals surface area contributed by atoms with E-state index in [0.29, 0.717) is 18.1 Å². The summed E-state index contributed by atoms with van der Waals surface area (Å²) in [4.78, 5) is 16.2. The smallest absolute Gasteiger partial charge is 0.239 e. The average molecular weight is 283 g/mol. The topological polar surface area (TPSA) is 44.8 Å². The summed E-state index contributed by atoms with van der Waals surface area (Å²) >= 11 is 0. The highest BCUT2D eigenvalue weighted by molar-refractivity contribution is 5.81. The summed E-state index contributed by atoms with van der Waals surface area (Å²) in [6.45, 7) is 7.33. The lowest BCUT2D eigenvalue weighted by Gasteiger charge is -2.40. The molecule has 0 spiro atoms. The monoisotopic (exact) mass is 283 g/mol. The Morgan fingerprint density at radius 2 is 2.00 bits per heavy atom. The minimum Gasteiger partial charge on any atom is -0.378 e. The molecule has 5 heteroatoms. The zero-order chi connectivity index (χ0) is 14.7. The molecule has 0 aliphatic carbocycles. The molecule has 2 heterocycles. The van der Waals surface area contributed by atoms with Crippen molar-refractivity contribution in [2.75, 3.05) is 33.9 Å². The highest BCUT2D eigenvalue weighted by Crippen LogP contribution is 2.19. The maximum atomic E-state index is 11.9. The van der Waals surface area contributed by atoms with Crippen molar-refractivity contribution in [2.24, 2.45) is 0 Å². The second-order valence-electron chi connectivity index (χ2n) is 6.54. The fourth-order valence-electron chi connectivity index (χ4n) is 3.14. The quantitative estimate of drug-likeness (QED) is 0.779. The van der Waals surface area contributed by atoms with Crippen LogP contribution in [-0.4, -0.2) is 73.7 Å². The number of likely N-dealkylation sites (N-methyl/N-ethyl adjacent to an activating group) is 1. The third kappa shape index (κ3) is 3.71. The summed E-state index contributed by atoms with van der Waals surface area (Å²) in [6.07, 6.45) is 3.19. The zero-order valence-electron chi connectivity index (χ0n) is 13.3. The number of nitrogens with one attached hydrogen (secondary N) is 1. The van der Waals surface area contributed by atoms with Gasteiger partial charge in [0, 0.05) is 32.7 Å². The van der Waals surface area contributed by atoms with Gasteiger partial charge in [0.1, 0.15) is 0 Å². The van der Waals surface area contributed by atoms with Crippen molar-refractivity contribution >= 4 is 5.91 Å². The largest absolute Gasteiger partial charge is 0.378 e. The van der Waals surface area contributed by atoms with E-state index in [1.165, 1.54) is 0 Å². The third-order valence-electron chi connectivity index (χ3n) is 4.47. The molecule has 2 fully saturated rings. The third-order valence-corrected chi connectivity index (χ3v) is 4.47. The van der Waals surface area contributed by atoms with Gasteiger partial charge < -0.3 is 15.0 Å². The van der Waals surface area contributed by atoms with E-state index in [2.05, 4.69) is 24.1 Å². The van der Waals surface area contributed by atoms with E-state index in [1.54, 1.807) is 4.90 Å². The first-order valence-electron chi connectivity index (χ1n) is 7.79. The average Bonchev–Trinajstić information content (AvgIpc) is 2.79. The zero-order valence-corrected chi connectivity index (χ0v) is 13.3. The van der Waals surface area contributed by atoms with Crippen molar-refractivity contribution in [3.8, 4) is 0 Å². The molecule has 2 saturated heterocycles. The first-order chi connectivity index (χ1) is 9.49. The summed E-state index contributed by atoms with van der Waals surface area (Å²) < 4.78 is 5.31. The Labute approximate surface area is 122 Å². The Balaban J connectivity index is 1.75. The second kappa shape index (κ2) is 6.87. The molecular formula is C15H29N3O2. The number of carbonyl (C=O) groups is 1. The fourth-order valence-corrected chi connectivity index (χ4v) is 3.14. The van der Waals surface area contributed by atoms with Gasteiger partial charge in [-0.3, -0.25) is 9.69 Å². The van der Waals surface area contributed by atoms with E-state index >= 15 is 0 Å². The van der Waals surface area contributed by atoms with Crippen molar-refractivity contribution in [2.45, 2.75) is 57.3 Å². The van der Waals surface area contributed by atoms with Crippen LogP contribution in [0, 0.1) is 0 Å². The molecule has 2 aliphatic heterocycles. The summed E-state index contributed by atoms with van der Waals surface area (Å²) in [5.74, 6) is 0.209. The van der Waals surface area contributed by atoms with Crippen LogP contribution < -0.4 is 5.32 Å². The molecule has 20 heavy (non-hydrogen) atoms. The Hall–Kier alpha value is -0.650. The van der Waals surface area contributed by atoms with E-state index in [1.807, 2.05) is 14.1 Å². The lowest BCUT2D eigenvalue weighted by atomic mass is 10.1. The molecule has 0 bridgehead atoms. The van der Waals surface area contributed by atoms with Gasteiger partial charge in [0.25, 0.3) is 0 Å². The van der Waals surface area contributed by atoms with E-state index in [-0.39, 0.29) is 11.9 Å². The van der Waals surface area contributed by atoms with Crippen LogP contribution in [0.25, 0.3) is 0 Å². The molecule has 116 valence electrons. The first kappa shape index (κ1) is 15.7. The van der Waals surface area contributed by atoms with Gasteiger partial charge in [0.05, 0.1) is 25.3 Å². The van der Waals surface area contributed by atoms with Crippen molar-refractivity contribution in [1.29, 1.82) is 0 Å². The highest BCUT2D eigenvalue weighted by Gasteiger charge is 2.32. The fraction of sp³-hybridized carbons (Fsp3) is 0.933. The van der Waals surface area contributed by atoms with Gasteiger partial charge in [-0.2, -0.15) is 0 Å². The summed E-state index contributed by atoms with van der Waals surface area (Å²) in [5.41, 5.74) is 0. The van der Waals surface area contributed by atoms with Crippen LogP contribution in [0.4, 0.5) is 0 Å². The lowest BCUT2D eigenvalue weighted by molar-refractivity contribution is -0.130. The van der Waals surface area contributed by atoms with Crippen LogP contribution in [0.1, 0.15) is 33.1 Å². The van der Waals surface area contributed by atoms with E-state index < -0.39 is 0 Å². The molecule has 2 atom stereocenters. The lowest BCUT2D eigenvalue weighted by Crippen LogP contribution is -2.53. The number of hydrogen-bond acceptors (Lipinski definition) is 4.